The third-order valence-electron chi connectivity index (χ3n) is 6.43. The van der Waals surface area contributed by atoms with Crippen LogP contribution in [0.5, 0.6) is 0 Å². The number of ether oxygens (including phenoxy) is 1. The van der Waals surface area contributed by atoms with E-state index in [0.717, 1.165) is 58.5 Å². The second-order valence-corrected chi connectivity index (χ2v) is 8.13. The first-order chi connectivity index (χ1) is 13.1. The molecule has 0 N–H and O–H groups in total. The lowest BCUT2D eigenvalue weighted by Crippen LogP contribution is -2.61. The van der Waals surface area contributed by atoms with Crippen molar-refractivity contribution in [3.8, 4) is 0 Å². The predicted molar refractivity (Wildman–Crippen MR) is 109 cm³/mol. The second kappa shape index (κ2) is 9.67. The first kappa shape index (κ1) is 20.3. The van der Waals surface area contributed by atoms with E-state index in [1.54, 1.807) is 7.11 Å². The first-order valence-corrected chi connectivity index (χ1v) is 10.4. The molecule has 5 nitrogen and oxygen atoms in total. The zero-order chi connectivity index (χ0) is 19.1. The topological polar surface area (TPSA) is 36.0 Å². The molecule has 0 unspecified atom stereocenters. The first-order valence-electron chi connectivity index (χ1n) is 10.4. The SMILES string of the molecule is COCCN1CC[C@@]2(CCC1=O)CN(CCCc1ccccc1)CCN2C. The zero-order valence-electron chi connectivity index (χ0n) is 17.0. The van der Waals surface area contributed by atoms with Gasteiger partial charge in [-0.2, -0.15) is 0 Å². The largest absolute Gasteiger partial charge is 0.383 e. The highest BCUT2D eigenvalue weighted by Gasteiger charge is 2.41. The molecule has 1 aromatic rings. The molecule has 2 aliphatic rings. The molecule has 0 bridgehead atoms. The summed E-state index contributed by atoms with van der Waals surface area (Å²) in [6.45, 7) is 6.65. The van der Waals surface area contributed by atoms with Gasteiger partial charge in [-0.25, -0.2) is 0 Å². The Bertz CT molecular complexity index is 594. The summed E-state index contributed by atoms with van der Waals surface area (Å²) in [4.78, 5) is 19.6. The molecular weight excluding hydrogens is 338 g/mol. The van der Waals surface area contributed by atoms with E-state index in [1.165, 1.54) is 12.0 Å². The van der Waals surface area contributed by atoms with Crippen molar-refractivity contribution in [2.24, 2.45) is 0 Å². The number of carbonyl (C=O) groups excluding carboxylic acids is 1. The van der Waals surface area contributed by atoms with Crippen LogP contribution >= 0.6 is 0 Å². The lowest BCUT2D eigenvalue weighted by atomic mass is 9.86. The number of likely N-dealkylation sites (tertiary alicyclic amines) is 1. The molecule has 2 heterocycles. The number of amides is 1. The van der Waals surface area contributed by atoms with Gasteiger partial charge in [-0.05, 0) is 44.8 Å². The van der Waals surface area contributed by atoms with Gasteiger partial charge in [-0.15, -0.1) is 0 Å². The van der Waals surface area contributed by atoms with Crippen molar-refractivity contribution < 1.29 is 9.53 Å². The number of nitrogens with zero attached hydrogens (tertiary/aromatic N) is 3. The van der Waals surface area contributed by atoms with Crippen molar-refractivity contribution >= 4 is 5.91 Å². The molecule has 1 amide bonds. The summed E-state index contributed by atoms with van der Waals surface area (Å²) in [5.74, 6) is 0.290. The van der Waals surface area contributed by atoms with Crippen molar-refractivity contribution in [3.05, 3.63) is 35.9 Å². The van der Waals surface area contributed by atoms with E-state index in [1.807, 2.05) is 4.90 Å². The minimum Gasteiger partial charge on any atom is -0.383 e. The fraction of sp³-hybridized carbons (Fsp3) is 0.682. The van der Waals surface area contributed by atoms with E-state index < -0.39 is 0 Å². The van der Waals surface area contributed by atoms with Crippen LogP contribution < -0.4 is 0 Å². The van der Waals surface area contributed by atoms with Crippen molar-refractivity contribution in [2.75, 3.05) is 60.0 Å². The minimum atomic E-state index is 0.141. The van der Waals surface area contributed by atoms with Crippen LogP contribution in [0.1, 0.15) is 31.2 Å². The number of carbonyl (C=O) groups is 1. The summed E-state index contributed by atoms with van der Waals surface area (Å²) in [7, 11) is 3.95. The fourth-order valence-electron chi connectivity index (χ4n) is 4.56. The van der Waals surface area contributed by atoms with E-state index >= 15 is 0 Å². The Morgan fingerprint density at radius 3 is 2.67 bits per heavy atom. The standard InChI is InChI=1S/C22H35N3O2/c1-23-15-16-24(13-6-9-20-7-4-3-5-8-20)19-22(23)11-10-21(26)25(14-12-22)17-18-27-2/h3-5,7-8H,6,9-19H2,1-2H3/t22-/m0/s1. The molecule has 1 aromatic carbocycles. The molecule has 0 aromatic heterocycles. The Labute approximate surface area is 164 Å². The maximum atomic E-state index is 12.5. The van der Waals surface area contributed by atoms with Crippen LogP contribution in [0.2, 0.25) is 0 Å². The van der Waals surface area contributed by atoms with Gasteiger partial charge in [-0.3, -0.25) is 9.69 Å². The summed E-state index contributed by atoms with van der Waals surface area (Å²) < 4.78 is 5.18. The van der Waals surface area contributed by atoms with Crippen LogP contribution in [0.25, 0.3) is 0 Å². The minimum absolute atomic E-state index is 0.141. The molecule has 2 aliphatic heterocycles. The maximum absolute atomic E-state index is 12.5. The predicted octanol–water partition coefficient (Wildman–Crippen LogP) is 2.26. The van der Waals surface area contributed by atoms with E-state index in [0.29, 0.717) is 18.9 Å². The molecule has 5 heteroatoms. The Balaban J connectivity index is 1.55. The zero-order valence-corrected chi connectivity index (χ0v) is 17.0. The summed E-state index contributed by atoms with van der Waals surface area (Å²) in [5, 5.41) is 0. The molecule has 0 radical (unpaired) electrons. The fourth-order valence-corrected chi connectivity index (χ4v) is 4.56. The van der Waals surface area contributed by atoms with Crippen molar-refractivity contribution in [1.82, 2.24) is 14.7 Å². The number of piperazine rings is 1. The summed E-state index contributed by atoms with van der Waals surface area (Å²) in [6, 6.07) is 10.8. The molecule has 2 saturated heterocycles. The van der Waals surface area contributed by atoms with E-state index in [9.17, 15) is 4.79 Å². The molecule has 2 fully saturated rings. The monoisotopic (exact) mass is 373 g/mol. The van der Waals surface area contributed by atoms with Gasteiger partial charge in [0.2, 0.25) is 5.91 Å². The highest BCUT2D eigenvalue weighted by molar-refractivity contribution is 5.76. The number of benzene rings is 1. The second-order valence-electron chi connectivity index (χ2n) is 8.13. The summed E-state index contributed by atoms with van der Waals surface area (Å²) in [5.41, 5.74) is 1.57. The van der Waals surface area contributed by atoms with Gasteiger partial charge in [-0.1, -0.05) is 30.3 Å². The van der Waals surface area contributed by atoms with Crippen LogP contribution in [-0.2, 0) is 16.0 Å². The molecule has 0 saturated carbocycles. The summed E-state index contributed by atoms with van der Waals surface area (Å²) >= 11 is 0. The number of likely N-dealkylation sites (N-methyl/N-ethyl adjacent to an activating group) is 1. The third-order valence-corrected chi connectivity index (χ3v) is 6.43. The lowest BCUT2D eigenvalue weighted by Gasteiger charge is -2.49. The van der Waals surface area contributed by atoms with Gasteiger partial charge in [0.1, 0.15) is 0 Å². The normalized spacial score (nSPS) is 25.1. The van der Waals surface area contributed by atoms with Gasteiger partial charge in [0.25, 0.3) is 0 Å². The van der Waals surface area contributed by atoms with Crippen molar-refractivity contribution in [1.29, 1.82) is 0 Å². The molecule has 1 atom stereocenters. The maximum Gasteiger partial charge on any atom is 0.222 e. The van der Waals surface area contributed by atoms with Crippen molar-refractivity contribution in [3.63, 3.8) is 0 Å². The van der Waals surface area contributed by atoms with Crippen LogP contribution in [0.3, 0.4) is 0 Å². The average molecular weight is 374 g/mol. The van der Waals surface area contributed by atoms with E-state index in [-0.39, 0.29) is 5.54 Å². The highest BCUT2D eigenvalue weighted by atomic mass is 16.5. The Kier molecular flexibility index (Phi) is 7.27. The molecule has 27 heavy (non-hydrogen) atoms. The van der Waals surface area contributed by atoms with Gasteiger partial charge in [0.05, 0.1) is 6.61 Å². The van der Waals surface area contributed by atoms with Gasteiger partial charge in [0.15, 0.2) is 0 Å². The number of hydrogen-bond donors (Lipinski definition) is 0. The number of hydrogen-bond acceptors (Lipinski definition) is 4. The van der Waals surface area contributed by atoms with Crippen LogP contribution in [-0.4, -0.2) is 86.2 Å². The van der Waals surface area contributed by atoms with Crippen molar-refractivity contribution in [2.45, 2.75) is 37.6 Å². The Hall–Kier alpha value is -1.43. The Morgan fingerprint density at radius 1 is 1.07 bits per heavy atom. The number of aryl methyl sites for hydroxylation is 1. The molecule has 3 rings (SSSR count). The van der Waals surface area contributed by atoms with Crippen LogP contribution in [0.15, 0.2) is 30.3 Å². The molecular formula is C22H35N3O2. The molecule has 0 aliphatic carbocycles. The molecule has 1 spiro atoms. The smallest absolute Gasteiger partial charge is 0.222 e. The van der Waals surface area contributed by atoms with Crippen LogP contribution in [0.4, 0.5) is 0 Å². The van der Waals surface area contributed by atoms with Gasteiger partial charge >= 0.3 is 0 Å². The summed E-state index contributed by atoms with van der Waals surface area (Å²) in [6.07, 6.45) is 5.03. The number of methoxy groups -OCH3 is 1. The quantitative estimate of drug-likeness (QED) is 0.735. The average Bonchev–Trinajstić information content (AvgIpc) is 2.84. The van der Waals surface area contributed by atoms with Gasteiger partial charge < -0.3 is 14.5 Å². The van der Waals surface area contributed by atoms with Gasteiger partial charge in [0, 0.05) is 51.8 Å². The number of rotatable bonds is 7. The Morgan fingerprint density at radius 2 is 1.89 bits per heavy atom. The van der Waals surface area contributed by atoms with E-state index in [4.69, 9.17) is 4.74 Å². The molecule has 150 valence electrons. The van der Waals surface area contributed by atoms with Crippen LogP contribution in [0, 0.1) is 0 Å². The third kappa shape index (κ3) is 5.31. The van der Waals surface area contributed by atoms with E-state index in [2.05, 4.69) is 47.2 Å². The highest BCUT2D eigenvalue weighted by Crippen LogP contribution is 2.32. The lowest BCUT2D eigenvalue weighted by molar-refractivity contribution is -0.131.